The van der Waals surface area contributed by atoms with Gasteiger partial charge in [-0.15, -0.1) is 0 Å². The van der Waals surface area contributed by atoms with Crippen molar-refractivity contribution in [1.82, 2.24) is 0 Å². The summed E-state index contributed by atoms with van der Waals surface area (Å²) in [7, 11) is 0. The molecule has 0 radical (unpaired) electrons. The number of aliphatic hydroxyl groups is 6. The Labute approximate surface area is 252 Å². The van der Waals surface area contributed by atoms with Gasteiger partial charge >= 0.3 is 59.1 Å². The van der Waals surface area contributed by atoms with Crippen LogP contribution in [0.2, 0.25) is 0 Å². The number of benzene rings is 2. The maximum Gasteiger partial charge on any atom is 1.00 e. The zero-order valence-electron chi connectivity index (χ0n) is 20.0. The van der Waals surface area contributed by atoms with Gasteiger partial charge in [0.1, 0.15) is 35.9 Å². The van der Waals surface area contributed by atoms with Crippen LogP contribution in [0.15, 0.2) is 72.2 Å². The number of carboxylic acid groups (broad SMARTS) is 2. The number of aliphatic hydroxyl groups excluding tert-OH is 6. The molecule has 36 heavy (non-hydrogen) atoms. The average molecular weight is 520 g/mol. The van der Waals surface area contributed by atoms with Gasteiger partial charge < -0.3 is 50.4 Å². The normalized spacial score (nSPS) is 14.4. The van der Waals surface area contributed by atoms with Crippen molar-refractivity contribution in [1.29, 1.82) is 0 Å². The van der Waals surface area contributed by atoms with Crippen molar-refractivity contribution in [3.63, 3.8) is 0 Å². The molecule has 12 heteroatoms. The standard InChI is InChI=1S/C20H22O6.C4H6O4.2Na/c21-15(11-13-7-3-1-4-8-13)17(23)19(25)20(26)18(24)16(22)12-14-9-5-2-6-10-14;5-3(6)1-2-4(7)8;;/h1-12,17-26H;1-2H2,(H,5,6)(H,7,8);;/q;;2*+1/p-2. The third kappa shape index (κ3) is 14.1. The first-order chi connectivity index (χ1) is 16.0. The van der Waals surface area contributed by atoms with E-state index in [2.05, 4.69) is 0 Å². The van der Waals surface area contributed by atoms with Crippen LogP contribution in [0.25, 0.3) is 12.2 Å². The van der Waals surface area contributed by atoms with Crippen molar-refractivity contribution in [2.75, 3.05) is 0 Å². The van der Waals surface area contributed by atoms with E-state index in [0.29, 0.717) is 11.1 Å². The molecule has 184 valence electrons. The molecular formula is C24H26Na2O10. The van der Waals surface area contributed by atoms with Crippen LogP contribution in [0.1, 0.15) is 24.0 Å². The molecular weight excluding hydrogens is 494 g/mol. The van der Waals surface area contributed by atoms with Gasteiger partial charge in [0.15, 0.2) is 0 Å². The summed E-state index contributed by atoms with van der Waals surface area (Å²) in [5.41, 5.74) is 1.16. The molecule has 0 heterocycles. The van der Waals surface area contributed by atoms with E-state index >= 15 is 0 Å². The van der Waals surface area contributed by atoms with Crippen molar-refractivity contribution in [3.05, 3.63) is 83.3 Å². The first-order valence-electron chi connectivity index (χ1n) is 10.1. The largest absolute Gasteiger partial charge is 1.00 e. The zero-order valence-corrected chi connectivity index (χ0v) is 24.0. The summed E-state index contributed by atoms with van der Waals surface area (Å²) in [4.78, 5) is 19.0. The second kappa shape index (κ2) is 19.4. The van der Waals surface area contributed by atoms with Crippen molar-refractivity contribution < 1.29 is 110 Å². The number of carbonyl (C=O) groups excluding carboxylic acids is 2. The molecule has 0 aliphatic carbocycles. The minimum atomic E-state index is -1.92. The maximum atomic E-state index is 10.0. The maximum absolute atomic E-state index is 10.0. The average Bonchev–Trinajstić information content (AvgIpc) is 2.82. The van der Waals surface area contributed by atoms with Crippen LogP contribution >= 0.6 is 0 Å². The van der Waals surface area contributed by atoms with Crippen molar-refractivity contribution in [2.45, 2.75) is 37.3 Å². The second-order valence-electron chi connectivity index (χ2n) is 7.07. The van der Waals surface area contributed by atoms with Crippen LogP contribution in [-0.2, 0) is 9.59 Å². The first-order valence-corrected chi connectivity index (χ1v) is 10.1. The predicted octanol–water partition coefficient (Wildman–Crippen LogP) is -7.10. The van der Waals surface area contributed by atoms with Gasteiger partial charge in [0.05, 0.1) is 0 Å². The molecule has 0 bridgehead atoms. The van der Waals surface area contributed by atoms with Crippen LogP contribution in [-0.4, -0.2) is 67.0 Å². The van der Waals surface area contributed by atoms with Gasteiger partial charge in [0.25, 0.3) is 0 Å². The fourth-order valence-corrected chi connectivity index (χ4v) is 2.54. The molecule has 0 aliphatic heterocycles. The van der Waals surface area contributed by atoms with Gasteiger partial charge in [-0.2, -0.15) is 0 Å². The van der Waals surface area contributed by atoms with Crippen LogP contribution in [0.3, 0.4) is 0 Å². The number of hydrogen-bond acceptors (Lipinski definition) is 10. The Morgan fingerprint density at radius 3 is 1.17 bits per heavy atom. The summed E-state index contributed by atoms with van der Waals surface area (Å²) in [6, 6.07) is 17.2. The summed E-state index contributed by atoms with van der Waals surface area (Å²) in [5, 5.41) is 78.9. The Hall–Kier alpha value is -1.70. The van der Waals surface area contributed by atoms with Gasteiger partial charge in [-0.1, -0.05) is 60.7 Å². The van der Waals surface area contributed by atoms with Crippen LogP contribution in [0, 0.1) is 0 Å². The molecule has 0 fully saturated rings. The fourth-order valence-electron chi connectivity index (χ4n) is 2.54. The van der Waals surface area contributed by atoms with Gasteiger partial charge in [0, 0.05) is 11.9 Å². The molecule has 2 rings (SSSR count). The SMILES string of the molecule is O=C([O-])CCC(=O)[O-].OC(=Cc1ccccc1)C(O)C(O)C(O)C(O)C(O)=Cc1ccccc1.[Na+].[Na+]. The van der Waals surface area contributed by atoms with Crippen molar-refractivity contribution >= 4 is 24.1 Å². The molecule has 10 nitrogen and oxygen atoms in total. The number of rotatable bonds is 10. The molecule has 0 saturated carbocycles. The summed E-state index contributed by atoms with van der Waals surface area (Å²) in [6.45, 7) is 0. The molecule has 2 aromatic carbocycles. The van der Waals surface area contributed by atoms with Gasteiger partial charge in [-0.25, -0.2) is 0 Å². The smallest absolute Gasteiger partial charge is 0.550 e. The van der Waals surface area contributed by atoms with E-state index in [1.54, 1.807) is 60.7 Å². The summed E-state index contributed by atoms with van der Waals surface area (Å²) < 4.78 is 0. The van der Waals surface area contributed by atoms with Crippen LogP contribution in [0.4, 0.5) is 0 Å². The van der Waals surface area contributed by atoms with Gasteiger partial charge in [0.2, 0.25) is 0 Å². The van der Waals surface area contributed by atoms with E-state index in [1.807, 2.05) is 0 Å². The Bertz CT molecular complexity index is 888. The number of carbonyl (C=O) groups is 2. The fraction of sp³-hybridized carbons (Fsp3) is 0.250. The molecule has 6 N–H and O–H groups in total. The van der Waals surface area contributed by atoms with Gasteiger partial charge in [-0.3, -0.25) is 0 Å². The Morgan fingerprint density at radius 1 is 0.639 bits per heavy atom. The quantitative estimate of drug-likeness (QED) is 0.129. The predicted molar refractivity (Wildman–Crippen MR) is 117 cm³/mol. The van der Waals surface area contributed by atoms with Gasteiger partial charge in [-0.05, 0) is 36.1 Å². The number of hydrogen-bond donors (Lipinski definition) is 6. The van der Waals surface area contributed by atoms with Crippen LogP contribution < -0.4 is 69.3 Å². The second-order valence-corrected chi connectivity index (χ2v) is 7.07. The van der Waals surface area contributed by atoms with E-state index < -0.39 is 60.7 Å². The van der Waals surface area contributed by atoms with Crippen LogP contribution in [0.5, 0.6) is 0 Å². The van der Waals surface area contributed by atoms with Crippen molar-refractivity contribution in [2.24, 2.45) is 0 Å². The third-order valence-corrected chi connectivity index (χ3v) is 4.36. The van der Waals surface area contributed by atoms with E-state index in [1.165, 1.54) is 12.2 Å². The molecule has 0 amide bonds. The molecule has 4 atom stereocenters. The van der Waals surface area contributed by atoms with Crippen molar-refractivity contribution in [3.8, 4) is 0 Å². The topological polar surface area (TPSA) is 202 Å². The minimum Gasteiger partial charge on any atom is -0.550 e. The minimum absolute atomic E-state index is 0. The third-order valence-electron chi connectivity index (χ3n) is 4.36. The molecule has 2 aromatic rings. The Kier molecular flexibility index (Phi) is 19.7. The monoisotopic (exact) mass is 520 g/mol. The number of carboxylic acids is 2. The van der Waals surface area contributed by atoms with E-state index in [4.69, 9.17) is 0 Å². The molecule has 0 spiro atoms. The summed E-state index contributed by atoms with van der Waals surface area (Å²) >= 11 is 0. The zero-order chi connectivity index (χ0) is 25.7. The molecule has 0 aromatic heterocycles. The molecule has 4 unspecified atom stereocenters. The Morgan fingerprint density at radius 2 is 0.917 bits per heavy atom. The van der Waals surface area contributed by atoms with E-state index in [9.17, 15) is 50.4 Å². The molecule has 0 saturated heterocycles. The van der Waals surface area contributed by atoms with E-state index in [-0.39, 0.29) is 59.1 Å². The Balaban J connectivity index is 0. The molecule has 0 aliphatic rings. The first kappa shape index (κ1) is 36.5. The summed E-state index contributed by atoms with van der Waals surface area (Å²) in [5.74, 6) is -3.90. The van der Waals surface area contributed by atoms with E-state index in [0.717, 1.165) is 0 Å². The number of aliphatic carboxylic acids is 2. The summed E-state index contributed by atoms with van der Waals surface area (Å²) in [6.07, 6.45) is -6.01.